The number of thiazole rings is 1. The van der Waals surface area contributed by atoms with Crippen LogP contribution in [0.25, 0.3) is 16.3 Å². The van der Waals surface area contributed by atoms with Crippen molar-refractivity contribution in [2.45, 2.75) is 0 Å². The Hall–Kier alpha value is -2.28. The summed E-state index contributed by atoms with van der Waals surface area (Å²) in [5, 5.41) is 16.8. The summed E-state index contributed by atoms with van der Waals surface area (Å²) < 4.78 is 14.4. The molecule has 0 bridgehead atoms. The van der Waals surface area contributed by atoms with Crippen molar-refractivity contribution < 1.29 is 14.3 Å². The van der Waals surface area contributed by atoms with Crippen molar-refractivity contribution >= 4 is 22.3 Å². The highest BCUT2D eigenvalue weighted by atomic mass is 32.1. The van der Waals surface area contributed by atoms with Crippen molar-refractivity contribution in [2.24, 2.45) is 0 Å². The van der Waals surface area contributed by atoms with Gasteiger partial charge in [-0.3, -0.25) is 4.40 Å². The monoisotopic (exact) mass is 263 g/mol. The normalized spacial score (nSPS) is 10.9. The maximum Gasteiger partial charge on any atom is 0.347 e. The third-order valence-corrected chi connectivity index (χ3v) is 3.39. The summed E-state index contributed by atoms with van der Waals surface area (Å²) in [4.78, 5) is 11.5. The molecule has 0 saturated carbocycles. The molecule has 1 aromatic carbocycles. The van der Waals surface area contributed by atoms with E-state index in [0.29, 0.717) is 16.3 Å². The van der Waals surface area contributed by atoms with Gasteiger partial charge in [0.1, 0.15) is 10.7 Å². The summed E-state index contributed by atoms with van der Waals surface area (Å²) in [6.45, 7) is 0. The van der Waals surface area contributed by atoms with Gasteiger partial charge in [0.05, 0.1) is 0 Å². The predicted octanol–water partition coefficient (Wildman–Crippen LogP) is 2.30. The van der Waals surface area contributed by atoms with Crippen LogP contribution in [0.3, 0.4) is 0 Å². The molecule has 0 saturated heterocycles. The average Bonchev–Trinajstić information content (AvgIpc) is 2.89. The van der Waals surface area contributed by atoms with E-state index in [2.05, 4.69) is 10.2 Å². The van der Waals surface area contributed by atoms with Gasteiger partial charge in [-0.25, -0.2) is 9.18 Å². The van der Waals surface area contributed by atoms with Crippen molar-refractivity contribution in [1.82, 2.24) is 14.6 Å². The molecular formula is C11H6FN3O2S. The van der Waals surface area contributed by atoms with Crippen LogP contribution >= 0.6 is 11.3 Å². The van der Waals surface area contributed by atoms with E-state index >= 15 is 0 Å². The zero-order valence-electron chi connectivity index (χ0n) is 8.87. The van der Waals surface area contributed by atoms with Crippen molar-refractivity contribution in [3.8, 4) is 11.4 Å². The first kappa shape index (κ1) is 10.8. The van der Waals surface area contributed by atoms with Crippen molar-refractivity contribution in [1.29, 1.82) is 0 Å². The molecule has 2 aromatic heterocycles. The van der Waals surface area contributed by atoms with E-state index in [1.54, 1.807) is 16.5 Å². The second-order valence-electron chi connectivity index (χ2n) is 3.58. The number of nitrogens with zero attached hydrogens (tertiary/aromatic N) is 3. The molecule has 3 rings (SSSR count). The number of carboxylic acids is 1. The topological polar surface area (TPSA) is 67.5 Å². The molecule has 18 heavy (non-hydrogen) atoms. The van der Waals surface area contributed by atoms with Crippen LogP contribution in [0.15, 0.2) is 30.5 Å². The average molecular weight is 263 g/mol. The Labute approximate surface area is 104 Å². The molecule has 0 atom stereocenters. The van der Waals surface area contributed by atoms with Gasteiger partial charge in [0.15, 0.2) is 5.82 Å². The minimum Gasteiger partial charge on any atom is -0.477 e. The van der Waals surface area contributed by atoms with E-state index in [0.717, 1.165) is 11.3 Å². The number of hydrogen-bond donors (Lipinski definition) is 1. The number of aromatic nitrogens is 3. The molecule has 0 aliphatic rings. The number of carbonyl (C=O) groups is 1. The zero-order valence-corrected chi connectivity index (χ0v) is 9.69. The number of carboxylic acid groups (broad SMARTS) is 1. The molecule has 0 spiro atoms. The zero-order chi connectivity index (χ0) is 12.7. The van der Waals surface area contributed by atoms with Gasteiger partial charge < -0.3 is 5.11 Å². The lowest BCUT2D eigenvalue weighted by Crippen LogP contribution is -1.92. The fourth-order valence-electron chi connectivity index (χ4n) is 1.60. The first-order valence-electron chi connectivity index (χ1n) is 4.99. The minimum absolute atomic E-state index is 0.184. The van der Waals surface area contributed by atoms with Crippen LogP contribution < -0.4 is 0 Å². The number of benzene rings is 1. The molecule has 1 N–H and O–H groups in total. The summed E-state index contributed by atoms with van der Waals surface area (Å²) in [5.41, 5.74) is 0.679. The van der Waals surface area contributed by atoms with Crippen LogP contribution in [-0.4, -0.2) is 25.7 Å². The molecular weight excluding hydrogens is 257 g/mol. The fourth-order valence-corrected chi connectivity index (χ4v) is 2.36. The molecule has 0 radical (unpaired) electrons. The quantitative estimate of drug-likeness (QED) is 0.770. The van der Waals surface area contributed by atoms with Gasteiger partial charge in [0.25, 0.3) is 0 Å². The lowest BCUT2D eigenvalue weighted by Gasteiger charge is -1.96. The number of halogens is 1. The van der Waals surface area contributed by atoms with Crippen LogP contribution in [0, 0.1) is 5.82 Å². The van der Waals surface area contributed by atoms with Gasteiger partial charge >= 0.3 is 5.97 Å². The van der Waals surface area contributed by atoms with E-state index in [9.17, 15) is 9.18 Å². The molecule has 0 aliphatic carbocycles. The highest BCUT2D eigenvalue weighted by molar-refractivity contribution is 7.18. The molecule has 90 valence electrons. The fraction of sp³-hybridized carbons (Fsp3) is 0. The van der Waals surface area contributed by atoms with Gasteiger partial charge in [-0.2, -0.15) is 0 Å². The van der Waals surface area contributed by atoms with Crippen molar-refractivity contribution in [3.05, 3.63) is 41.2 Å². The highest BCUT2D eigenvalue weighted by Gasteiger charge is 2.14. The summed E-state index contributed by atoms with van der Waals surface area (Å²) in [6.07, 6.45) is 1.46. The van der Waals surface area contributed by atoms with Gasteiger partial charge in [0.2, 0.25) is 4.96 Å². The molecule has 0 unspecified atom stereocenters. The Bertz CT molecular complexity index is 732. The minimum atomic E-state index is -1.00. The van der Waals surface area contributed by atoms with Crippen LogP contribution in [0.5, 0.6) is 0 Å². The third kappa shape index (κ3) is 1.65. The lowest BCUT2D eigenvalue weighted by atomic mass is 10.2. The van der Waals surface area contributed by atoms with E-state index < -0.39 is 5.97 Å². The second kappa shape index (κ2) is 3.88. The first-order valence-corrected chi connectivity index (χ1v) is 5.80. The highest BCUT2D eigenvalue weighted by Crippen LogP contribution is 2.23. The van der Waals surface area contributed by atoms with Crippen LogP contribution in [-0.2, 0) is 0 Å². The van der Waals surface area contributed by atoms with Gasteiger partial charge in [-0.05, 0) is 24.3 Å². The Balaban J connectivity index is 2.17. The number of hydrogen-bond acceptors (Lipinski definition) is 4. The molecule has 0 amide bonds. The Morgan fingerprint density at radius 3 is 2.67 bits per heavy atom. The predicted molar refractivity (Wildman–Crippen MR) is 63.2 cm³/mol. The van der Waals surface area contributed by atoms with Gasteiger partial charge in [0, 0.05) is 11.8 Å². The summed E-state index contributed by atoms with van der Waals surface area (Å²) in [6, 6.07) is 5.79. The van der Waals surface area contributed by atoms with Gasteiger partial charge in [-0.15, -0.1) is 10.2 Å². The number of fused-ring (bicyclic) bond motifs is 1. The van der Waals surface area contributed by atoms with E-state index in [-0.39, 0.29) is 10.7 Å². The summed E-state index contributed by atoms with van der Waals surface area (Å²) in [5.74, 6) is -0.847. The van der Waals surface area contributed by atoms with Crippen LogP contribution in [0.4, 0.5) is 4.39 Å². The lowest BCUT2D eigenvalue weighted by molar-refractivity contribution is 0.0702. The van der Waals surface area contributed by atoms with Crippen LogP contribution in [0.2, 0.25) is 0 Å². The van der Waals surface area contributed by atoms with Crippen molar-refractivity contribution in [3.63, 3.8) is 0 Å². The first-order chi connectivity index (χ1) is 8.65. The standard InChI is InChI=1S/C11H6FN3O2S/c12-7-3-1-6(2-4-7)9-13-14-11-15(9)5-8(18-11)10(16)17/h1-5H,(H,16,17). The SMILES string of the molecule is O=C(O)c1cn2c(-c3ccc(F)cc3)nnc2s1. The molecule has 7 heteroatoms. The van der Waals surface area contributed by atoms with Crippen molar-refractivity contribution in [2.75, 3.05) is 0 Å². The molecule has 0 aliphatic heterocycles. The molecule has 2 heterocycles. The Kier molecular flexibility index (Phi) is 2.34. The van der Waals surface area contributed by atoms with Crippen LogP contribution in [0.1, 0.15) is 9.67 Å². The molecule has 3 aromatic rings. The van der Waals surface area contributed by atoms with E-state index in [1.165, 1.54) is 18.3 Å². The van der Waals surface area contributed by atoms with E-state index in [4.69, 9.17) is 5.11 Å². The Morgan fingerprint density at radius 1 is 1.28 bits per heavy atom. The maximum atomic E-state index is 12.8. The largest absolute Gasteiger partial charge is 0.477 e. The van der Waals surface area contributed by atoms with E-state index in [1.807, 2.05) is 0 Å². The summed E-state index contributed by atoms with van der Waals surface area (Å²) >= 11 is 1.04. The molecule has 5 nitrogen and oxygen atoms in total. The van der Waals surface area contributed by atoms with Gasteiger partial charge in [-0.1, -0.05) is 11.3 Å². The maximum absolute atomic E-state index is 12.8. The molecule has 0 fully saturated rings. The smallest absolute Gasteiger partial charge is 0.347 e. The number of aromatic carboxylic acids is 1. The third-order valence-electron chi connectivity index (χ3n) is 2.43. The number of rotatable bonds is 2. The Morgan fingerprint density at radius 2 is 2.00 bits per heavy atom. The summed E-state index contributed by atoms with van der Waals surface area (Å²) in [7, 11) is 0. The second-order valence-corrected chi connectivity index (χ2v) is 4.59.